The third-order valence-electron chi connectivity index (χ3n) is 12.0. The van der Waals surface area contributed by atoms with Crippen LogP contribution in [0.15, 0.2) is 30.3 Å². The van der Waals surface area contributed by atoms with Gasteiger partial charge in [0.1, 0.15) is 48.3 Å². The van der Waals surface area contributed by atoms with Crippen molar-refractivity contribution < 1.29 is 78.3 Å². The predicted octanol–water partition coefficient (Wildman–Crippen LogP) is -2.96. The van der Waals surface area contributed by atoms with Crippen molar-refractivity contribution in [1.29, 1.82) is 0 Å². The zero-order valence-corrected chi connectivity index (χ0v) is 41.6. The van der Waals surface area contributed by atoms with Crippen molar-refractivity contribution in [1.82, 2.24) is 41.7 Å². The smallest absolute Gasteiger partial charge is 0.326 e. The van der Waals surface area contributed by atoms with Gasteiger partial charge in [-0.05, 0) is 75.4 Å². The maximum atomic E-state index is 14.1. The maximum absolute atomic E-state index is 14.1. The molecule has 400 valence electrons. The first-order chi connectivity index (χ1) is 34.0. The van der Waals surface area contributed by atoms with Gasteiger partial charge in [-0.1, -0.05) is 44.2 Å². The summed E-state index contributed by atoms with van der Waals surface area (Å²) in [4.78, 5) is 146. The lowest BCUT2D eigenvalue weighted by Crippen LogP contribution is -2.62. The normalized spacial score (nSPS) is 18.8. The lowest BCUT2D eigenvalue weighted by Gasteiger charge is -2.32. The zero-order valence-electron chi connectivity index (χ0n) is 40.7. The lowest BCUT2D eigenvalue weighted by atomic mass is 10.0. The van der Waals surface area contributed by atoms with Gasteiger partial charge in [-0.3, -0.25) is 47.9 Å². The molecule has 0 aliphatic carbocycles. The highest BCUT2D eigenvalue weighted by molar-refractivity contribution is 7.98. The van der Waals surface area contributed by atoms with Gasteiger partial charge in [0.25, 0.3) is 0 Å². The van der Waals surface area contributed by atoms with Crippen LogP contribution in [-0.4, -0.2) is 193 Å². The van der Waals surface area contributed by atoms with Crippen molar-refractivity contribution in [3.63, 3.8) is 0 Å². The second-order valence-electron chi connectivity index (χ2n) is 18.2. The first-order valence-electron chi connectivity index (χ1n) is 23.7. The number of benzene rings is 1. The van der Waals surface area contributed by atoms with Gasteiger partial charge in [0.2, 0.25) is 47.3 Å². The van der Waals surface area contributed by atoms with Crippen molar-refractivity contribution in [2.75, 3.05) is 31.7 Å². The fraction of sp³-hybridized carbons (Fsp3) is 0.630. The number of likely N-dealkylation sites (tertiary alicyclic amines) is 2. The van der Waals surface area contributed by atoms with Crippen LogP contribution in [0, 0.1) is 5.92 Å². The Morgan fingerprint density at radius 1 is 0.667 bits per heavy atom. The van der Waals surface area contributed by atoms with Crippen LogP contribution in [0.5, 0.6) is 0 Å². The number of aliphatic hydroxyl groups excluding tert-OH is 2. The molecule has 10 atom stereocenters. The SMILES string of the molecule is CSCC[C@H](NC(=O)[C@H](CCC(=O)O)NC(=O)[C@@H](N)CC(=O)O)C(=O)N1CCC[C@H]1C(=O)N[C@@H](CO)C(=O)N1CCC[C@H]1C(=O)N[C@H](C(=O)N[C@@H](Cc1ccccc1)C(=O)N[C@@H](CC(C)C)C(=O)O)[C@@H](C)O. The minimum absolute atomic E-state index is 0.0143. The second kappa shape index (κ2) is 29.2. The number of nitrogens with two attached hydrogens (primary N) is 1. The number of hydrogen-bond donors (Lipinski definition) is 12. The van der Waals surface area contributed by atoms with Crippen LogP contribution >= 0.6 is 11.8 Å². The Hall–Kier alpha value is -6.38. The number of carbonyl (C=O) groups excluding carboxylic acids is 8. The van der Waals surface area contributed by atoms with Crippen molar-refractivity contribution in [2.45, 2.75) is 145 Å². The Morgan fingerprint density at radius 3 is 1.71 bits per heavy atom. The number of rotatable bonds is 29. The van der Waals surface area contributed by atoms with Gasteiger partial charge < -0.3 is 73.0 Å². The molecule has 13 N–H and O–H groups in total. The van der Waals surface area contributed by atoms with Gasteiger partial charge in [0, 0.05) is 25.9 Å². The van der Waals surface area contributed by atoms with E-state index in [1.165, 1.54) is 23.6 Å². The number of nitrogens with zero attached hydrogens (tertiary/aromatic N) is 2. The summed E-state index contributed by atoms with van der Waals surface area (Å²) in [5, 5.41) is 63.9. The number of carbonyl (C=O) groups is 11. The van der Waals surface area contributed by atoms with Crippen molar-refractivity contribution in [3.8, 4) is 0 Å². The maximum Gasteiger partial charge on any atom is 0.326 e. The van der Waals surface area contributed by atoms with Gasteiger partial charge in [-0.2, -0.15) is 11.8 Å². The molecular weight excluding hydrogens is 967 g/mol. The van der Waals surface area contributed by atoms with Crippen LogP contribution in [-0.2, 0) is 59.2 Å². The van der Waals surface area contributed by atoms with Crippen LogP contribution in [0.3, 0.4) is 0 Å². The topological polar surface area (TPSA) is 394 Å². The summed E-state index contributed by atoms with van der Waals surface area (Å²) in [7, 11) is 0. The first kappa shape index (κ1) is 59.9. The molecule has 72 heavy (non-hydrogen) atoms. The van der Waals surface area contributed by atoms with E-state index in [2.05, 4.69) is 31.9 Å². The summed E-state index contributed by atoms with van der Waals surface area (Å²) in [6.45, 7) is 3.85. The number of aliphatic carboxylic acids is 3. The van der Waals surface area contributed by atoms with Crippen molar-refractivity contribution in [2.24, 2.45) is 11.7 Å². The third-order valence-corrected chi connectivity index (χ3v) is 12.7. The molecule has 2 heterocycles. The molecule has 0 saturated carbocycles. The van der Waals surface area contributed by atoms with E-state index in [1.54, 1.807) is 50.4 Å². The fourth-order valence-electron chi connectivity index (χ4n) is 8.26. The standard InChI is InChI=1S/C46H69N9O16S/c1-24(2)20-31(46(70)71)51-40(64)30(21-26-10-6-5-7-11-26)50-43(67)37(25(3)57)53-42(66)34-13-9-18-55(34)45(69)32(23-56)52-41(65)33-12-8-17-54(33)44(68)29(16-19-72-4)49-39(63)28(14-15-35(58)59)48-38(62)27(47)22-36(60)61/h5-7,10-11,24-25,27-34,37,56-57H,8-9,12-23,47H2,1-4H3,(H,48,62)(H,49,63)(H,50,67)(H,51,64)(H,52,65)(H,53,66)(H,58,59)(H,60,61)(H,70,71)/t25-,27+,28+,29+,30+,31+,32+,33+,34+,37+/m1/s1. The number of nitrogens with one attached hydrogen (secondary N) is 6. The quantitative estimate of drug-likeness (QED) is 0.0381. The molecule has 0 unspecified atom stereocenters. The van der Waals surface area contributed by atoms with E-state index in [1.807, 2.05) is 0 Å². The van der Waals surface area contributed by atoms with E-state index in [-0.39, 0.29) is 57.5 Å². The predicted molar refractivity (Wildman–Crippen MR) is 257 cm³/mol. The van der Waals surface area contributed by atoms with Crippen molar-refractivity contribution >= 4 is 76.9 Å². The van der Waals surface area contributed by atoms with Crippen LogP contribution in [0.1, 0.15) is 84.1 Å². The summed E-state index contributed by atoms with van der Waals surface area (Å²) in [5.41, 5.74) is 6.25. The number of amides is 8. The fourth-order valence-corrected chi connectivity index (χ4v) is 8.73. The Labute approximate surface area is 420 Å². The van der Waals surface area contributed by atoms with E-state index in [4.69, 9.17) is 10.8 Å². The number of aliphatic hydroxyl groups is 2. The first-order valence-corrected chi connectivity index (χ1v) is 25.1. The van der Waals surface area contributed by atoms with E-state index < -0.39 is 152 Å². The summed E-state index contributed by atoms with van der Waals surface area (Å²) >= 11 is 1.33. The number of thioether (sulfide) groups is 1. The molecule has 25 nitrogen and oxygen atoms in total. The zero-order chi connectivity index (χ0) is 53.8. The van der Waals surface area contributed by atoms with Gasteiger partial charge in [0.15, 0.2) is 0 Å². The molecule has 2 aliphatic rings. The molecule has 3 rings (SSSR count). The molecule has 0 aromatic heterocycles. The lowest BCUT2D eigenvalue weighted by molar-refractivity contribution is -0.145. The highest BCUT2D eigenvalue weighted by Crippen LogP contribution is 2.23. The average molecular weight is 1040 g/mol. The average Bonchev–Trinajstić information content (AvgIpc) is 4.03. The Bertz CT molecular complexity index is 2100. The summed E-state index contributed by atoms with van der Waals surface area (Å²) in [6, 6.07) is -4.27. The number of hydrogen-bond acceptors (Lipinski definition) is 15. The van der Waals surface area contributed by atoms with E-state index in [0.717, 1.165) is 4.90 Å². The molecular formula is C46H69N9O16S. The number of carboxylic acid groups (broad SMARTS) is 3. The largest absolute Gasteiger partial charge is 0.481 e. The van der Waals surface area contributed by atoms with E-state index in [0.29, 0.717) is 17.7 Å². The molecule has 2 saturated heterocycles. The summed E-state index contributed by atoms with van der Waals surface area (Å²) < 4.78 is 0. The molecule has 0 bridgehead atoms. The summed E-state index contributed by atoms with van der Waals surface area (Å²) in [5.74, 6) is -10.9. The van der Waals surface area contributed by atoms with Crippen LogP contribution in [0.2, 0.25) is 0 Å². The number of carboxylic acids is 3. The Kier molecular flexibility index (Phi) is 24.3. The van der Waals surface area contributed by atoms with Crippen LogP contribution in [0.25, 0.3) is 0 Å². The van der Waals surface area contributed by atoms with E-state index in [9.17, 15) is 73.2 Å². The molecule has 8 amide bonds. The monoisotopic (exact) mass is 1040 g/mol. The van der Waals surface area contributed by atoms with Crippen LogP contribution in [0.4, 0.5) is 0 Å². The molecule has 2 fully saturated rings. The van der Waals surface area contributed by atoms with Gasteiger partial charge in [-0.25, -0.2) is 4.79 Å². The highest BCUT2D eigenvalue weighted by atomic mass is 32.2. The summed E-state index contributed by atoms with van der Waals surface area (Å²) in [6.07, 6.45) is -0.806. The van der Waals surface area contributed by atoms with Gasteiger partial charge in [-0.15, -0.1) is 0 Å². The minimum Gasteiger partial charge on any atom is -0.481 e. The third kappa shape index (κ3) is 18.3. The van der Waals surface area contributed by atoms with Gasteiger partial charge in [0.05, 0.1) is 25.2 Å². The molecule has 0 radical (unpaired) electrons. The van der Waals surface area contributed by atoms with Crippen molar-refractivity contribution in [3.05, 3.63) is 35.9 Å². The molecule has 1 aromatic rings. The Balaban J connectivity index is 1.76. The Morgan fingerprint density at radius 2 is 1.19 bits per heavy atom. The molecule has 0 spiro atoms. The highest BCUT2D eigenvalue weighted by Gasteiger charge is 2.43. The molecule has 1 aromatic carbocycles. The second-order valence-corrected chi connectivity index (χ2v) is 19.2. The van der Waals surface area contributed by atoms with Crippen LogP contribution < -0.4 is 37.6 Å². The molecule has 26 heteroatoms. The minimum atomic E-state index is -1.67. The van der Waals surface area contributed by atoms with E-state index >= 15 is 0 Å². The van der Waals surface area contributed by atoms with Gasteiger partial charge >= 0.3 is 17.9 Å². The molecule has 2 aliphatic heterocycles.